The molecule has 24 heavy (non-hydrogen) atoms. The second-order valence-corrected chi connectivity index (χ2v) is 6.61. The van der Waals surface area contributed by atoms with Gasteiger partial charge in [-0.05, 0) is 30.2 Å². The second-order valence-electron chi connectivity index (χ2n) is 5.78. The Morgan fingerprint density at radius 2 is 2.17 bits per heavy atom. The number of nitrogens with one attached hydrogen (secondary N) is 1. The Morgan fingerprint density at radius 1 is 1.25 bits per heavy atom. The summed E-state index contributed by atoms with van der Waals surface area (Å²) >= 11 is 1.18. The van der Waals surface area contributed by atoms with Crippen LogP contribution in [0.25, 0.3) is 11.4 Å². The van der Waals surface area contributed by atoms with Crippen LogP contribution >= 0.6 is 11.3 Å². The van der Waals surface area contributed by atoms with Crippen LogP contribution in [-0.2, 0) is 19.6 Å². The number of aromatic amines is 1. The zero-order valence-corrected chi connectivity index (χ0v) is 13.8. The molecule has 4 heterocycles. The SMILES string of the molecule is O=c1[nH]ccc2c1CN(Cn1c(-c3ccccn3)csc1=O)CC2. The molecule has 0 saturated carbocycles. The van der Waals surface area contributed by atoms with Gasteiger partial charge >= 0.3 is 4.87 Å². The maximum absolute atomic E-state index is 12.3. The van der Waals surface area contributed by atoms with E-state index in [1.54, 1.807) is 17.0 Å². The average Bonchev–Trinajstić information content (AvgIpc) is 2.97. The molecule has 0 radical (unpaired) electrons. The first-order valence-corrected chi connectivity index (χ1v) is 8.62. The van der Waals surface area contributed by atoms with Gasteiger partial charge in [0.1, 0.15) is 0 Å². The van der Waals surface area contributed by atoms with E-state index in [0.29, 0.717) is 13.2 Å². The Labute approximate surface area is 142 Å². The van der Waals surface area contributed by atoms with Crippen LogP contribution in [0.4, 0.5) is 0 Å². The smallest absolute Gasteiger partial charge is 0.308 e. The second kappa shape index (κ2) is 6.18. The number of rotatable bonds is 3. The van der Waals surface area contributed by atoms with Gasteiger partial charge < -0.3 is 4.98 Å². The average molecular weight is 340 g/mol. The van der Waals surface area contributed by atoms with Crippen molar-refractivity contribution in [3.8, 4) is 11.4 Å². The highest BCUT2D eigenvalue weighted by molar-refractivity contribution is 7.07. The first-order chi connectivity index (χ1) is 11.7. The van der Waals surface area contributed by atoms with Crippen LogP contribution in [0, 0.1) is 0 Å². The number of nitrogens with zero attached hydrogens (tertiary/aromatic N) is 3. The zero-order valence-electron chi connectivity index (χ0n) is 12.9. The number of fused-ring (bicyclic) bond motifs is 1. The molecule has 6 nitrogen and oxygen atoms in total. The van der Waals surface area contributed by atoms with Gasteiger partial charge in [0.05, 0.1) is 18.1 Å². The zero-order chi connectivity index (χ0) is 16.5. The van der Waals surface area contributed by atoms with Crippen molar-refractivity contribution in [1.82, 2.24) is 19.4 Å². The van der Waals surface area contributed by atoms with Gasteiger partial charge in [0.2, 0.25) is 0 Å². The van der Waals surface area contributed by atoms with Crippen molar-refractivity contribution in [2.75, 3.05) is 6.54 Å². The molecule has 0 unspecified atom stereocenters. The third kappa shape index (κ3) is 2.72. The Kier molecular flexibility index (Phi) is 3.87. The van der Waals surface area contributed by atoms with Crippen LogP contribution in [0.5, 0.6) is 0 Å². The molecule has 0 aromatic carbocycles. The highest BCUT2D eigenvalue weighted by atomic mass is 32.1. The fourth-order valence-electron chi connectivity index (χ4n) is 3.04. The maximum atomic E-state index is 12.3. The molecular weight excluding hydrogens is 324 g/mol. The van der Waals surface area contributed by atoms with Gasteiger partial charge in [-0.3, -0.25) is 24.0 Å². The molecule has 0 atom stereocenters. The lowest BCUT2D eigenvalue weighted by atomic mass is 10.0. The van der Waals surface area contributed by atoms with Gasteiger partial charge in [-0.15, -0.1) is 0 Å². The van der Waals surface area contributed by atoms with E-state index in [1.165, 1.54) is 11.3 Å². The molecule has 1 aliphatic heterocycles. The molecule has 122 valence electrons. The van der Waals surface area contributed by atoms with Gasteiger partial charge in [-0.25, -0.2) is 0 Å². The predicted octanol–water partition coefficient (Wildman–Crippen LogP) is 1.68. The van der Waals surface area contributed by atoms with E-state index >= 15 is 0 Å². The molecule has 0 spiro atoms. The highest BCUT2D eigenvalue weighted by Gasteiger charge is 2.20. The van der Waals surface area contributed by atoms with Crippen LogP contribution in [0.3, 0.4) is 0 Å². The van der Waals surface area contributed by atoms with Gasteiger partial charge in [-0.1, -0.05) is 17.4 Å². The van der Waals surface area contributed by atoms with E-state index in [4.69, 9.17) is 0 Å². The number of hydrogen-bond acceptors (Lipinski definition) is 5. The third-order valence-corrected chi connectivity index (χ3v) is 5.05. The minimum atomic E-state index is -0.0418. The molecule has 4 rings (SSSR count). The minimum Gasteiger partial charge on any atom is -0.329 e. The summed E-state index contributed by atoms with van der Waals surface area (Å²) in [5, 5.41) is 1.84. The first kappa shape index (κ1) is 15.0. The summed E-state index contributed by atoms with van der Waals surface area (Å²) in [5.74, 6) is 0. The number of H-pyrrole nitrogens is 1. The molecule has 7 heteroatoms. The first-order valence-electron chi connectivity index (χ1n) is 7.74. The maximum Gasteiger partial charge on any atom is 0.308 e. The van der Waals surface area contributed by atoms with E-state index in [1.807, 2.05) is 29.6 Å². The molecule has 0 bridgehead atoms. The Morgan fingerprint density at radius 3 is 3.00 bits per heavy atom. The van der Waals surface area contributed by atoms with Gasteiger partial charge in [0.25, 0.3) is 5.56 Å². The Hall–Kier alpha value is -2.51. The summed E-state index contributed by atoms with van der Waals surface area (Å²) in [6.45, 7) is 1.83. The molecule has 1 N–H and O–H groups in total. The van der Waals surface area contributed by atoms with E-state index in [-0.39, 0.29) is 10.4 Å². The van der Waals surface area contributed by atoms with E-state index in [9.17, 15) is 9.59 Å². The number of pyridine rings is 2. The van der Waals surface area contributed by atoms with Crippen LogP contribution in [-0.4, -0.2) is 26.0 Å². The van der Waals surface area contributed by atoms with Crippen molar-refractivity contribution >= 4 is 11.3 Å². The molecule has 0 fully saturated rings. The fraction of sp³-hybridized carbons (Fsp3) is 0.235. The lowest BCUT2D eigenvalue weighted by Crippen LogP contribution is -2.37. The lowest BCUT2D eigenvalue weighted by molar-refractivity contribution is 0.198. The van der Waals surface area contributed by atoms with Crippen molar-refractivity contribution in [2.45, 2.75) is 19.6 Å². The number of thiazole rings is 1. The number of hydrogen-bond donors (Lipinski definition) is 1. The van der Waals surface area contributed by atoms with Crippen LogP contribution in [0.15, 0.2) is 51.6 Å². The standard InChI is InChI=1S/C17H16N4O2S/c22-16-13-9-20(8-5-12(13)4-7-19-16)11-21-15(10-24-17(21)23)14-3-1-2-6-18-14/h1-4,6-7,10H,5,8-9,11H2,(H,19,22). The lowest BCUT2D eigenvalue weighted by Gasteiger charge is -2.28. The van der Waals surface area contributed by atoms with Crippen molar-refractivity contribution in [3.63, 3.8) is 0 Å². The van der Waals surface area contributed by atoms with Crippen molar-refractivity contribution in [3.05, 3.63) is 73.2 Å². The summed E-state index contributed by atoms with van der Waals surface area (Å²) in [7, 11) is 0. The molecular formula is C17H16N4O2S. The van der Waals surface area contributed by atoms with Gasteiger partial charge in [0, 0.05) is 36.4 Å². The molecule has 0 saturated heterocycles. The van der Waals surface area contributed by atoms with E-state index < -0.39 is 0 Å². The van der Waals surface area contributed by atoms with E-state index in [2.05, 4.69) is 14.9 Å². The molecule has 0 aliphatic carbocycles. The van der Waals surface area contributed by atoms with Crippen molar-refractivity contribution in [2.24, 2.45) is 0 Å². The van der Waals surface area contributed by atoms with Crippen molar-refractivity contribution < 1.29 is 0 Å². The van der Waals surface area contributed by atoms with Gasteiger partial charge in [-0.2, -0.15) is 0 Å². The minimum absolute atomic E-state index is 0.0107. The normalized spacial score (nSPS) is 14.5. The molecule has 0 amide bonds. The van der Waals surface area contributed by atoms with Gasteiger partial charge in [0.15, 0.2) is 0 Å². The molecule has 1 aliphatic rings. The van der Waals surface area contributed by atoms with Crippen LogP contribution in [0.1, 0.15) is 11.1 Å². The summed E-state index contributed by atoms with van der Waals surface area (Å²) < 4.78 is 1.73. The summed E-state index contributed by atoms with van der Waals surface area (Å²) in [6.07, 6.45) is 4.23. The number of aromatic nitrogens is 3. The van der Waals surface area contributed by atoms with E-state index in [0.717, 1.165) is 35.5 Å². The largest absolute Gasteiger partial charge is 0.329 e. The Balaban J connectivity index is 1.64. The summed E-state index contributed by atoms with van der Waals surface area (Å²) in [5.41, 5.74) is 3.45. The Bertz CT molecular complexity index is 974. The highest BCUT2D eigenvalue weighted by Crippen LogP contribution is 2.20. The quantitative estimate of drug-likeness (QED) is 0.787. The molecule has 3 aromatic rings. The van der Waals surface area contributed by atoms with Crippen LogP contribution < -0.4 is 10.4 Å². The third-order valence-electron chi connectivity index (χ3n) is 4.29. The summed E-state index contributed by atoms with van der Waals surface area (Å²) in [6, 6.07) is 7.62. The topological polar surface area (TPSA) is 71.0 Å². The molecule has 3 aromatic heterocycles. The predicted molar refractivity (Wildman–Crippen MR) is 93.0 cm³/mol. The van der Waals surface area contributed by atoms with Crippen molar-refractivity contribution in [1.29, 1.82) is 0 Å². The summed E-state index contributed by atoms with van der Waals surface area (Å²) in [4.78, 5) is 33.4. The monoisotopic (exact) mass is 340 g/mol. The van der Waals surface area contributed by atoms with Crippen LogP contribution in [0.2, 0.25) is 0 Å². The fourth-order valence-corrected chi connectivity index (χ4v) is 3.78.